The van der Waals surface area contributed by atoms with Crippen LogP contribution in [0.2, 0.25) is 0 Å². The zero-order valence-corrected chi connectivity index (χ0v) is 10.8. The highest BCUT2D eigenvalue weighted by molar-refractivity contribution is 5.82. The highest BCUT2D eigenvalue weighted by atomic mass is 16.7. The molecule has 0 spiro atoms. The summed E-state index contributed by atoms with van der Waals surface area (Å²) in [6.45, 7) is 8.51. The van der Waals surface area contributed by atoms with E-state index in [-0.39, 0.29) is 17.4 Å². The van der Waals surface area contributed by atoms with Crippen molar-refractivity contribution >= 4 is 5.91 Å². The van der Waals surface area contributed by atoms with Gasteiger partial charge in [0.05, 0.1) is 12.0 Å². The minimum atomic E-state index is -0.520. The molecule has 2 heterocycles. The van der Waals surface area contributed by atoms with Crippen molar-refractivity contribution in [2.75, 3.05) is 26.2 Å². The number of carbonyl (C=O) groups is 1. The largest absolute Gasteiger partial charge is 0.353 e. The summed E-state index contributed by atoms with van der Waals surface area (Å²) >= 11 is 0. The Hall–Kier alpha value is -0.650. The number of amides is 1. The van der Waals surface area contributed by atoms with Gasteiger partial charge >= 0.3 is 0 Å². The van der Waals surface area contributed by atoms with Crippen LogP contribution in [0.1, 0.15) is 27.2 Å². The average Bonchev–Trinajstić information content (AvgIpc) is 2.82. The maximum absolute atomic E-state index is 12.0. The maximum atomic E-state index is 12.0. The van der Waals surface area contributed by atoms with Crippen molar-refractivity contribution in [3.05, 3.63) is 0 Å². The van der Waals surface area contributed by atoms with Crippen molar-refractivity contribution in [1.82, 2.24) is 10.6 Å². The topological polar surface area (TPSA) is 59.6 Å². The van der Waals surface area contributed by atoms with Crippen LogP contribution in [0.25, 0.3) is 0 Å². The van der Waals surface area contributed by atoms with E-state index in [1.165, 1.54) is 0 Å². The summed E-state index contributed by atoms with van der Waals surface area (Å²) in [6.07, 6.45) is 0.860. The zero-order valence-electron chi connectivity index (χ0n) is 10.8. The van der Waals surface area contributed by atoms with E-state index in [0.717, 1.165) is 19.5 Å². The Balaban J connectivity index is 1.77. The number of carbonyl (C=O) groups excluding carboxylic acids is 1. The van der Waals surface area contributed by atoms with E-state index in [1.807, 2.05) is 20.8 Å². The van der Waals surface area contributed by atoms with Gasteiger partial charge in [-0.2, -0.15) is 0 Å². The summed E-state index contributed by atoms with van der Waals surface area (Å²) in [6, 6.07) is 0. The second-order valence-electron chi connectivity index (χ2n) is 5.65. The number of rotatable bonds is 3. The third kappa shape index (κ3) is 2.97. The number of hydrogen-bond donors (Lipinski definition) is 2. The van der Waals surface area contributed by atoms with Gasteiger partial charge in [-0.15, -0.1) is 0 Å². The Kier molecular flexibility index (Phi) is 3.43. The molecule has 17 heavy (non-hydrogen) atoms. The van der Waals surface area contributed by atoms with Crippen LogP contribution in [0.15, 0.2) is 0 Å². The van der Waals surface area contributed by atoms with E-state index in [9.17, 15) is 4.79 Å². The number of nitrogens with one attached hydrogen (secondary N) is 2. The average molecular weight is 242 g/mol. The molecule has 0 aromatic rings. The van der Waals surface area contributed by atoms with E-state index in [4.69, 9.17) is 9.47 Å². The number of hydrogen-bond acceptors (Lipinski definition) is 4. The van der Waals surface area contributed by atoms with Crippen molar-refractivity contribution in [2.24, 2.45) is 5.41 Å². The van der Waals surface area contributed by atoms with Crippen molar-refractivity contribution in [1.29, 1.82) is 0 Å². The van der Waals surface area contributed by atoms with E-state index >= 15 is 0 Å². The first-order valence-electron chi connectivity index (χ1n) is 6.22. The Labute approximate surface area is 102 Å². The van der Waals surface area contributed by atoms with Crippen LogP contribution in [-0.2, 0) is 14.3 Å². The van der Waals surface area contributed by atoms with Crippen LogP contribution < -0.4 is 10.6 Å². The highest BCUT2D eigenvalue weighted by Crippen LogP contribution is 2.25. The maximum Gasteiger partial charge on any atom is 0.227 e. The Morgan fingerprint density at radius 3 is 2.76 bits per heavy atom. The lowest BCUT2D eigenvalue weighted by Gasteiger charge is -2.23. The molecule has 2 fully saturated rings. The molecule has 2 rings (SSSR count). The van der Waals surface area contributed by atoms with Crippen molar-refractivity contribution in [3.8, 4) is 0 Å². The summed E-state index contributed by atoms with van der Waals surface area (Å²) < 4.78 is 11.1. The molecule has 2 saturated heterocycles. The van der Waals surface area contributed by atoms with Crippen LogP contribution in [0.4, 0.5) is 0 Å². The Morgan fingerprint density at radius 2 is 2.24 bits per heavy atom. The van der Waals surface area contributed by atoms with Gasteiger partial charge < -0.3 is 20.1 Å². The molecule has 1 amide bonds. The van der Waals surface area contributed by atoms with Gasteiger partial charge in [0.25, 0.3) is 0 Å². The van der Waals surface area contributed by atoms with E-state index in [1.54, 1.807) is 0 Å². The Morgan fingerprint density at radius 1 is 1.47 bits per heavy atom. The third-order valence-corrected chi connectivity index (χ3v) is 3.47. The normalized spacial score (nSPS) is 36.1. The fourth-order valence-electron chi connectivity index (χ4n) is 2.29. The van der Waals surface area contributed by atoms with Crippen molar-refractivity contribution in [2.45, 2.75) is 39.1 Å². The van der Waals surface area contributed by atoms with Gasteiger partial charge in [-0.1, -0.05) is 0 Å². The van der Waals surface area contributed by atoms with Gasteiger partial charge in [-0.05, 0) is 33.7 Å². The minimum absolute atomic E-state index is 0.0353. The molecular weight excluding hydrogens is 220 g/mol. The van der Waals surface area contributed by atoms with Gasteiger partial charge in [0.15, 0.2) is 5.79 Å². The molecular formula is C12H22N2O3. The molecule has 0 aromatic heterocycles. The van der Waals surface area contributed by atoms with Crippen molar-refractivity contribution < 1.29 is 14.3 Å². The molecule has 2 aliphatic rings. The second-order valence-corrected chi connectivity index (χ2v) is 5.65. The fourth-order valence-corrected chi connectivity index (χ4v) is 2.29. The molecule has 98 valence electrons. The monoisotopic (exact) mass is 242 g/mol. The summed E-state index contributed by atoms with van der Waals surface area (Å²) in [5.41, 5.74) is -0.269. The van der Waals surface area contributed by atoms with Crippen LogP contribution in [-0.4, -0.2) is 44.0 Å². The highest BCUT2D eigenvalue weighted by Gasteiger charge is 2.38. The Bertz CT molecular complexity index is 298. The van der Waals surface area contributed by atoms with Crippen molar-refractivity contribution in [3.63, 3.8) is 0 Å². The number of ether oxygens (including phenoxy) is 2. The third-order valence-electron chi connectivity index (χ3n) is 3.47. The first-order chi connectivity index (χ1) is 7.91. The standard InChI is InChI=1S/C12H22N2O3/c1-11(2)16-7-9(17-11)6-14-10(15)12(3)4-5-13-8-12/h9,13H,4-8H2,1-3H3,(H,14,15). The summed E-state index contributed by atoms with van der Waals surface area (Å²) in [7, 11) is 0. The van der Waals surface area contributed by atoms with E-state index in [0.29, 0.717) is 13.2 Å². The molecule has 5 heteroatoms. The predicted molar refractivity (Wildman–Crippen MR) is 63.5 cm³/mol. The van der Waals surface area contributed by atoms with Gasteiger partial charge in [-0.3, -0.25) is 4.79 Å². The first-order valence-corrected chi connectivity index (χ1v) is 6.22. The molecule has 2 aliphatic heterocycles. The molecule has 2 unspecified atom stereocenters. The van der Waals surface area contributed by atoms with E-state index in [2.05, 4.69) is 10.6 Å². The fraction of sp³-hybridized carbons (Fsp3) is 0.917. The van der Waals surface area contributed by atoms with Crippen LogP contribution in [0.5, 0.6) is 0 Å². The van der Waals surface area contributed by atoms with Gasteiger partial charge in [0.2, 0.25) is 5.91 Å². The summed E-state index contributed by atoms with van der Waals surface area (Å²) in [5.74, 6) is -0.412. The first kappa shape index (κ1) is 12.8. The predicted octanol–water partition coefficient (Wildman–Crippen LogP) is 0.254. The quantitative estimate of drug-likeness (QED) is 0.745. The SMILES string of the molecule is CC1(C)OCC(CNC(=O)C2(C)CCNC2)O1. The molecule has 2 atom stereocenters. The lowest BCUT2D eigenvalue weighted by atomic mass is 9.89. The van der Waals surface area contributed by atoms with E-state index < -0.39 is 5.79 Å². The van der Waals surface area contributed by atoms with Gasteiger partial charge in [0.1, 0.15) is 6.10 Å². The molecule has 5 nitrogen and oxygen atoms in total. The lowest BCUT2D eigenvalue weighted by molar-refractivity contribution is -0.140. The molecule has 0 bridgehead atoms. The minimum Gasteiger partial charge on any atom is -0.353 e. The van der Waals surface area contributed by atoms with Crippen LogP contribution in [0.3, 0.4) is 0 Å². The second kappa shape index (κ2) is 4.55. The smallest absolute Gasteiger partial charge is 0.227 e. The lowest BCUT2D eigenvalue weighted by Crippen LogP contribution is -2.44. The van der Waals surface area contributed by atoms with Gasteiger partial charge in [-0.25, -0.2) is 0 Å². The van der Waals surface area contributed by atoms with Gasteiger partial charge in [0, 0.05) is 13.1 Å². The van der Waals surface area contributed by atoms with Crippen LogP contribution >= 0.6 is 0 Å². The zero-order chi connectivity index (χ0) is 12.5. The summed E-state index contributed by atoms with van der Waals surface area (Å²) in [5, 5.41) is 6.18. The molecule has 0 aromatic carbocycles. The molecule has 0 saturated carbocycles. The molecule has 0 aliphatic carbocycles. The summed E-state index contributed by atoms with van der Waals surface area (Å²) in [4.78, 5) is 12.0. The molecule has 0 radical (unpaired) electrons. The molecule has 2 N–H and O–H groups in total. The van der Waals surface area contributed by atoms with Crippen LogP contribution in [0, 0.1) is 5.41 Å².